The third kappa shape index (κ3) is 9.96. The van der Waals surface area contributed by atoms with Gasteiger partial charge in [0.15, 0.2) is 0 Å². The number of hydroxylamine groups is 2. The van der Waals surface area contributed by atoms with Crippen molar-refractivity contribution in [1.82, 2.24) is 24.8 Å². The highest BCUT2D eigenvalue weighted by atomic mass is 16.5. The van der Waals surface area contributed by atoms with Crippen LogP contribution in [0, 0.1) is 17.0 Å². The lowest BCUT2D eigenvalue weighted by Crippen LogP contribution is -2.62. The third-order valence-electron chi connectivity index (χ3n) is 10.1. The molecule has 262 valence electrons. The van der Waals surface area contributed by atoms with E-state index in [4.69, 9.17) is 15.5 Å². The van der Waals surface area contributed by atoms with Crippen LogP contribution in [0.15, 0.2) is 47.8 Å². The molecule has 3 atom stereocenters. The number of aliphatic imine (C=N–C) groups is 1. The molecule has 12 nitrogen and oxygen atoms in total. The second-order valence-corrected chi connectivity index (χ2v) is 13.7. The number of nitrogens with two attached hydrogens (primary N) is 1. The standard InChI is InChI=1S/C36H52N7O5/c37-32(21-28-12-6-2-7-13-28)34(44)42(36(46)41-16-18-48-19-17-41)33(22-30-24-39-26-40-30)35(45)43(47)31(20-27-10-4-1-5-11-27)25-38-23-29-14-8-3-9-15-29/h2,6-7,12-13,24-27,29,31-33H,1,3-5,8-11,14-23,37H2,(H,39,40)/q-1/t31-,32-,33-/m0/s1. The Bertz CT molecular complexity index is 1310. The first-order valence-electron chi connectivity index (χ1n) is 17.9. The number of amides is 4. The number of hydrogen-bond acceptors (Lipinski definition) is 8. The molecule has 2 heterocycles. The zero-order valence-corrected chi connectivity index (χ0v) is 28.1. The summed E-state index contributed by atoms with van der Waals surface area (Å²) in [6.45, 7) is 1.74. The van der Waals surface area contributed by atoms with E-state index in [0.717, 1.165) is 49.0 Å². The van der Waals surface area contributed by atoms with Crippen LogP contribution in [0.3, 0.4) is 0 Å². The summed E-state index contributed by atoms with van der Waals surface area (Å²) < 4.78 is 5.46. The summed E-state index contributed by atoms with van der Waals surface area (Å²) in [5.74, 6) is -0.792. The van der Waals surface area contributed by atoms with Crippen LogP contribution >= 0.6 is 0 Å². The number of aromatic nitrogens is 2. The summed E-state index contributed by atoms with van der Waals surface area (Å²) in [7, 11) is 0. The van der Waals surface area contributed by atoms with Gasteiger partial charge in [-0.05, 0) is 43.1 Å². The van der Waals surface area contributed by atoms with Crippen LogP contribution in [-0.2, 0) is 27.2 Å². The zero-order valence-electron chi connectivity index (χ0n) is 28.1. The third-order valence-corrected chi connectivity index (χ3v) is 10.1. The van der Waals surface area contributed by atoms with E-state index in [9.17, 15) is 19.6 Å². The molecule has 0 bridgehead atoms. The quantitative estimate of drug-likeness (QED) is 0.236. The van der Waals surface area contributed by atoms with Gasteiger partial charge in [0.05, 0.1) is 31.6 Å². The van der Waals surface area contributed by atoms with Crippen molar-refractivity contribution in [2.75, 3.05) is 32.8 Å². The number of carbonyl (C=O) groups is 3. The lowest BCUT2D eigenvalue weighted by atomic mass is 9.84. The van der Waals surface area contributed by atoms with Gasteiger partial charge in [-0.1, -0.05) is 81.7 Å². The molecule has 0 radical (unpaired) electrons. The number of hydrogen-bond donors (Lipinski definition) is 2. The van der Waals surface area contributed by atoms with Crippen molar-refractivity contribution in [2.24, 2.45) is 22.6 Å². The monoisotopic (exact) mass is 662 g/mol. The molecule has 2 saturated carbocycles. The molecule has 2 aliphatic carbocycles. The summed E-state index contributed by atoms with van der Waals surface area (Å²) in [5, 5.41) is 14.8. The van der Waals surface area contributed by atoms with Gasteiger partial charge in [0.1, 0.15) is 6.04 Å². The minimum Gasteiger partial charge on any atom is -0.756 e. The largest absolute Gasteiger partial charge is 0.756 e. The van der Waals surface area contributed by atoms with Crippen molar-refractivity contribution in [3.63, 3.8) is 0 Å². The van der Waals surface area contributed by atoms with Gasteiger partial charge in [0.2, 0.25) is 11.8 Å². The maximum Gasteiger partial charge on any atom is 0.327 e. The minimum atomic E-state index is -1.44. The smallest absolute Gasteiger partial charge is 0.327 e. The fourth-order valence-electron chi connectivity index (χ4n) is 7.31. The maximum absolute atomic E-state index is 14.5. The van der Waals surface area contributed by atoms with Gasteiger partial charge < -0.3 is 30.6 Å². The number of imide groups is 1. The van der Waals surface area contributed by atoms with Crippen molar-refractivity contribution < 1.29 is 19.1 Å². The Balaban J connectivity index is 1.44. The number of carbonyl (C=O) groups excluding carboxylic acids is 3. The van der Waals surface area contributed by atoms with E-state index >= 15 is 0 Å². The van der Waals surface area contributed by atoms with E-state index in [2.05, 4.69) is 9.97 Å². The topological polar surface area (TPSA) is 160 Å². The molecule has 5 rings (SSSR count). The number of ether oxygens (including phenoxy) is 1. The Morgan fingerprint density at radius 2 is 1.65 bits per heavy atom. The highest BCUT2D eigenvalue weighted by Crippen LogP contribution is 2.29. The molecule has 1 aromatic carbocycles. The second-order valence-electron chi connectivity index (χ2n) is 13.7. The van der Waals surface area contributed by atoms with E-state index in [1.54, 1.807) is 6.21 Å². The first-order valence-corrected chi connectivity index (χ1v) is 17.9. The molecule has 12 heteroatoms. The molecule has 3 N–H and O–H groups in total. The van der Waals surface area contributed by atoms with Crippen LogP contribution < -0.4 is 5.73 Å². The molecule has 1 saturated heterocycles. The molecular formula is C36H52N7O5-. The van der Waals surface area contributed by atoms with Crippen LogP contribution in [0.1, 0.15) is 81.9 Å². The first-order chi connectivity index (χ1) is 23.4. The number of nitrogens with one attached hydrogen (secondary N) is 1. The Morgan fingerprint density at radius 3 is 2.29 bits per heavy atom. The SMILES string of the molecule is N[C@@H](Cc1ccccc1)C(=O)N(C(=O)N1CCOCC1)[C@@H](Cc1cnc[nH]1)C(=O)N([O-])[C@H](C=NCC1CCCCC1)CC1CCCCC1. The molecule has 48 heavy (non-hydrogen) atoms. The van der Waals surface area contributed by atoms with Gasteiger partial charge in [-0.25, -0.2) is 14.7 Å². The highest BCUT2D eigenvalue weighted by molar-refractivity contribution is 6.02. The summed E-state index contributed by atoms with van der Waals surface area (Å²) in [6, 6.07) is 5.27. The Kier molecular flexibility index (Phi) is 13.6. The number of imidazole rings is 1. The van der Waals surface area contributed by atoms with Crippen molar-refractivity contribution in [1.29, 1.82) is 0 Å². The molecule has 1 aromatic heterocycles. The van der Waals surface area contributed by atoms with Gasteiger partial charge in [0.25, 0.3) is 0 Å². The molecule has 0 spiro atoms. The van der Waals surface area contributed by atoms with E-state index in [0.29, 0.717) is 48.8 Å². The average molecular weight is 663 g/mol. The van der Waals surface area contributed by atoms with Crippen molar-refractivity contribution in [2.45, 2.75) is 102 Å². The molecule has 1 aliphatic heterocycles. The predicted octanol–water partition coefficient (Wildman–Crippen LogP) is 4.49. The molecule has 2 aromatic rings. The van der Waals surface area contributed by atoms with Crippen LogP contribution in [0.5, 0.6) is 0 Å². The number of morpholine rings is 1. The molecule has 4 amide bonds. The number of H-pyrrole nitrogens is 1. The molecule has 3 fully saturated rings. The fraction of sp³-hybridized carbons (Fsp3) is 0.639. The number of benzene rings is 1. The van der Waals surface area contributed by atoms with Gasteiger partial charge in [-0.3, -0.25) is 14.6 Å². The predicted molar refractivity (Wildman–Crippen MR) is 184 cm³/mol. The van der Waals surface area contributed by atoms with Crippen molar-refractivity contribution in [3.05, 3.63) is 59.3 Å². The van der Waals surface area contributed by atoms with Gasteiger partial charge in [-0.2, -0.15) is 0 Å². The van der Waals surface area contributed by atoms with Gasteiger partial charge in [0, 0.05) is 44.2 Å². The Morgan fingerprint density at radius 1 is 0.979 bits per heavy atom. The molecule has 0 unspecified atom stereocenters. The average Bonchev–Trinajstić information content (AvgIpc) is 3.65. The summed E-state index contributed by atoms with van der Waals surface area (Å²) in [5.41, 5.74) is 7.83. The van der Waals surface area contributed by atoms with Crippen LogP contribution in [0.25, 0.3) is 0 Å². The van der Waals surface area contributed by atoms with E-state index in [-0.39, 0.29) is 25.9 Å². The number of urea groups is 1. The molecule has 3 aliphatic rings. The normalized spacial score (nSPS) is 19.9. The van der Waals surface area contributed by atoms with Crippen LogP contribution in [0.4, 0.5) is 4.79 Å². The van der Waals surface area contributed by atoms with Crippen molar-refractivity contribution >= 4 is 24.1 Å². The number of aromatic amines is 1. The Labute approximate surface area is 284 Å². The Hall–Kier alpha value is -3.61. The fourth-order valence-corrected chi connectivity index (χ4v) is 7.31. The van der Waals surface area contributed by atoms with Gasteiger partial charge >= 0.3 is 6.03 Å². The molecular weight excluding hydrogens is 610 g/mol. The highest BCUT2D eigenvalue weighted by Gasteiger charge is 2.41. The zero-order chi connectivity index (χ0) is 33.7. The van der Waals surface area contributed by atoms with Crippen LogP contribution in [0.2, 0.25) is 0 Å². The minimum absolute atomic E-state index is 0.104. The number of rotatable bonds is 13. The summed E-state index contributed by atoms with van der Waals surface area (Å²) >= 11 is 0. The first kappa shape index (κ1) is 35.7. The summed E-state index contributed by atoms with van der Waals surface area (Å²) in [4.78, 5) is 57.2. The van der Waals surface area contributed by atoms with E-state index in [1.807, 2.05) is 30.3 Å². The van der Waals surface area contributed by atoms with Crippen molar-refractivity contribution in [3.8, 4) is 0 Å². The van der Waals surface area contributed by atoms with E-state index < -0.39 is 36.0 Å². The number of nitrogens with zero attached hydrogens (tertiary/aromatic N) is 5. The second kappa shape index (κ2) is 18.2. The van der Waals surface area contributed by atoms with Crippen LogP contribution in [-0.4, -0.2) is 99.9 Å². The maximum atomic E-state index is 14.5. The van der Waals surface area contributed by atoms with Gasteiger partial charge in [-0.15, -0.1) is 0 Å². The summed E-state index contributed by atoms with van der Waals surface area (Å²) in [6.07, 6.45) is 16.5. The van der Waals surface area contributed by atoms with E-state index in [1.165, 1.54) is 43.1 Å². The lowest BCUT2D eigenvalue weighted by molar-refractivity contribution is -0.143. The lowest BCUT2D eigenvalue weighted by Gasteiger charge is -2.43.